The Hall–Kier alpha value is -1.18. The number of nitrogens with one attached hydrogen (secondary N) is 1. The number of hydrogen-bond acceptors (Lipinski definition) is 3. The van der Waals surface area contributed by atoms with E-state index in [0.29, 0.717) is 6.42 Å². The van der Waals surface area contributed by atoms with E-state index in [0.717, 1.165) is 6.07 Å². The fourth-order valence-electron chi connectivity index (χ4n) is 1.35. The second kappa shape index (κ2) is 6.53. The highest BCUT2D eigenvalue weighted by Crippen LogP contribution is 2.16. The van der Waals surface area contributed by atoms with Crippen LogP contribution in [0.25, 0.3) is 0 Å². The average molecular weight is 262 g/mol. The zero-order valence-electron chi connectivity index (χ0n) is 8.74. The second-order valence-electron chi connectivity index (χ2n) is 3.28. The lowest BCUT2D eigenvalue weighted by atomic mass is 10.1. The van der Waals surface area contributed by atoms with Crippen molar-refractivity contribution in [2.75, 3.05) is 6.54 Å². The van der Waals surface area contributed by atoms with Crippen molar-refractivity contribution in [3.63, 3.8) is 0 Å². The Morgan fingerprint density at radius 1 is 1.41 bits per heavy atom. The number of carbonyl (C=O) groups excluding carboxylic acids is 1. The van der Waals surface area contributed by atoms with Gasteiger partial charge in [-0.05, 0) is 24.5 Å². The van der Waals surface area contributed by atoms with E-state index in [4.69, 9.17) is 0 Å². The van der Waals surface area contributed by atoms with E-state index >= 15 is 0 Å². The van der Waals surface area contributed by atoms with Crippen molar-refractivity contribution in [3.05, 3.63) is 34.9 Å². The first-order chi connectivity index (χ1) is 8.06. The summed E-state index contributed by atoms with van der Waals surface area (Å²) >= 11 is -2.35. The van der Waals surface area contributed by atoms with Crippen LogP contribution in [0.4, 0.5) is 8.78 Å². The Balaban J connectivity index is 2.66. The second-order valence-corrected chi connectivity index (χ2v) is 4.04. The zero-order valence-corrected chi connectivity index (χ0v) is 9.56. The summed E-state index contributed by atoms with van der Waals surface area (Å²) in [5, 5.41) is 0. The molecule has 1 rings (SSSR count). The summed E-state index contributed by atoms with van der Waals surface area (Å²) in [6, 6.07) is 2.26. The molecule has 1 aromatic rings. The minimum Gasteiger partial charge on any atom is -0.760 e. The van der Waals surface area contributed by atoms with E-state index < -0.39 is 28.5 Å². The normalized spacial score (nSPS) is 12.4. The topological polar surface area (TPSA) is 69.2 Å². The Morgan fingerprint density at radius 3 is 2.71 bits per heavy atom. The predicted octanol–water partition coefficient (Wildman–Crippen LogP) is 1.09. The van der Waals surface area contributed by atoms with Crippen LogP contribution in [0.5, 0.6) is 0 Å². The summed E-state index contributed by atoms with van der Waals surface area (Å²) in [4.78, 5) is 10.4. The molecule has 1 N–H and O–H groups in total. The molecule has 0 aromatic heterocycles. The van der Waals surface area contributed by atoms with Gasteiger partial charge in [-0.2, -0.15) is 0 Å². The smallest absolute Gasteiger partial charge is 0.155 e. The van der Waals surface area contributed by atoms with Gasteiger partial charge in [0.1, 0.15) is 11.6 Å². The fraction of sp³-hybridized carbons (Fsp3) is 0.300. The molecule has 1 unspecified atom stereocenters. The molecule has 1 aromatic carbocycles. The first kappa shape index (κ1) is 13.9. The fourth-order valence-corrected chi connectivity index (χ4v) is 1.66. The highest BCUT2D eigenvalue weighted by molar-refractivity contribution is 7.77. The number of carbonyl (C=O) groups is 1. The summed E-state index contributed by atoms with van der Waals surface area (Å²) < 4.78 is 48.9. The third-order valence-electron chi connectivity index (χ3n) is 2.17. The van der Waals surface area contributed by atoms with Crippen molar-refractivity contribution in [3.8, 4) is 0 Å². The van der Waals surface area contributed by atoms with Crippen LogP contribution in [0.2, 0.25) is 0 Å². The molecule has 0 heterocycles. The van der Waals surface area contributed by atoms with Gasteiger partial charge < -0.3 is 4.55 Å². The highest BCUT2D eigenvalue weighted by Gasteiger charge is 2.12. The number of rotatable bonds is 6. The minimum absolute atomic E-state index is 0.124. The predicted molar refractivity (Wildman–Crippen MR) is 57.0 cm³/mol. The molecular weight excluding hydrogens is 252 g/mol. The summed E-state index contributed by atoms with van der Waals surface area (Å²) in [7, 11) is 0. The van der Waals surface area contributed by atoms with E-state index in [1.165, 1.54) is 6.07 Å². The van der Waals surface area contributed by atoms with Gasteiger partial charge in [0.25, 0.3) is 0 Å². The Morgan fingerprint density at radius 2 is 2.12 bits per heavy atom. The van der Waals surface area contributed by atoms with Gasteiger partial charge in [0, 0.05) is 17.8 Å². The van der Waals surface area contributed by atoms with Crippen LogP contribution in [-0.4, -0.2) is 21.6 Å². The number of halogens is 2. The molecule has 0 saturated heterocycles. The SMILES string of the molecule is O=Cc1c(F)ccc(CCCNS(=O)[O-])c1F. The third kappa shape index (κ3) is 3.95. The lowest BCUT2D eigenvalue weighted by molar-refractivity contribution is 0.111. The van der Waals surface area contributed by atoms with Gasteiger partial charge >= 0.3 is 0 Å². The summed E-state index contributed by atoms with van der Waals surface area (Å²) in [6.07, 6.45) is 0.700. The van der Waals surface area contributed by atoms with Crippen LogP contribution in [0, 0.1) is 11.6 Å². The van der Waals surface area contributed by atoms with E-state index in [1.54, 1.807) is 0 Å². The number of hydrogen-bond donors (Lipinski definition) is 1. The number of aldehydes is 1. The summed E-state index contributed by atoms with van der Waals surface area (Å²) in [6.45, 7) is 0.156. The highest BCUT2D eigenvalue weighted by atomic mass is 32.2. The van der Waals surface area contributed by atoms with Crippen LogP contribution in [-0.2, 0) is 17.7 Å². The Kier molecular flexibility index (Phi) is 5.33. The van der Waals surface area contributed by atoms with Crippen molar-refractivity contribution < 1.29 is 22.3 Å². The molecular formula is C10H10F2NO3S-. The van der Waals surface area contributed by atoms with E-state index in [1.807, 2.05) is 0 Å². The minimum atomic E-state index is -2.35. The van der Waals surface area contributed by atoms with Crippen LogP contribution in [0.1, 0.15) is 22.3 Å². The molecule has 0 amide bonds. The standard InChI is InChI=1S/C10H11F2NO3S/c11-9-4-3-7(10(12)8(9)6-14)2-1-5-13-17(15)16/h3-4,6,13H,1-2,5H2,(H,15,16)/p-1. The maximum Gasteiger partial charge on any atom is 0.155 e. The molecule has 1 atom stereocenters. The van der Waals surface area contributed by atoms with Gasteiger partial charge in [-0.1, -0.05) is 6.07 Å². The Bertz CT molecular complexity index is 440. The first-order valence-corrected chi connectivity index (χ1v) is 5.88. The van der Waals surface area contributed by atoms with Crippen molar-refractivity contribution in [2.24, 2.45) is 0 Å². The average Bonchev–Trinajstić information content (AvgIpc) is 2.27. The molecule has 0 aliphatic rings. The molecule has 0 spiro atoms. The van der Waals surface area contributed by atoms with Crippen LogP contribution < -0.4 is 4.72 Å². The molecule has 94 valence electrons. The van der Waals surface area contributed by atoms with Gasteiger partial charge in [0.05, 0.1) is 5.56 Å². The number of benzene rings is 1. The van der Waals surface area contributed by atoms with E-state index in [9.17, 15) is 22.3 Å². The van der Waals surface area contributed by atoms with E-state index in [2.05, 4.69) is 4.72 Å². The van der Waals surface area contributed by atoms with Crippen molar-refractivity contribution in [2.45, 2.75) is 12.8 Å². The van der Waals surface area contributed by atoms with Crippen LogP contribution in [0.15, 0.2) is 12.1 Å². The first-order valence-electron chi connectivity index (χ1n) is 4.81. The maximum absolute atomic E-state index is 13.5. The monoisotopic (exact) mass is 262 g/mol. The van der Waals surface area contributed by atoms with Gasteiger partial charge in [0.15, 0.2) is 6.29 Å². The van der Waals surface area contributed by atoms with E-state index in [-0.39, 0.29) is 24.8 Å². The lowest BCUT2D eigenvalue weighted by Gasteiger charge is -2.08. The number of aryl methyl sites for hydroxylation is 1. The lowest BCUT2D eigenvalue weighted by Crippen LogP contribution is -2.18. The van der Waals surface area contributed by atoms with Crippen LogP contribution in [0.3, 0.4) is 0 Å². The molecule has 0 fully saturated rings. The molecule has 0 saturated carbocycles. The van der Waals surface area contributed by atoms with Crippen molar-refractivity contribution in [1.29, 1.82) is 0 Å². The zero-order chi connectivity index (χ0) is 12.8. The third-order valence-corrected chi connectivity index (χ3v) is 2.61. The molecule has 0 bridgehead atoms. The quantitative estimate of drug-likeness (QED) is 0.474. The summed E-state index contributed by atoms with van der Waals surface area (Å²) in [5.41, 5.74) is -0.408. The Labute approximate surface area is 99.4 Å². The van der Waals surface area contributed by atoms with Gasteiger partial charge in [-0.25, -0.2) is 13.5 Å². The molecule has 17 heavy (non-hydrogen) atoms. The molecule has 0 aliphatic carbocycles. The largest absolute Gasteiger partial charge is 0.760 e. The molecule has 0 radical (unpaired) electrons. The summed E-state index contributed by atoms with van der Waals surface area (Å²) in [5.74, 6) is -1.79. The molecule has 7 heteroatoms. The van der Waals surface area contributed by atoms with Crippen molar-refractivity contribution >= 4 is 17.6 Å². The molecule has 4 nitrogen and oxygen atoms in total. The van der Waals surface area contributed by atoms with Crippen molar-refractivity contribution in [1.82, 2.24) is 4.72 Å². The molecule has 0 aliphatic heterocycles. The van der Waals surface area contributed by atoms with Crippen LogP contribution >= 0.6 is 0 Å². The van der Waals surface area contributed by atoms with Gasteiger partial charge in [-0.15, -0.1) is 0 Å². The maximum atomic E-state index is 13.5. The van der Waals surface area contributed by atoms with Gasteiger partial charge in [-0.3, -0.25) is 9.00 Å². The van der Waals surface area contributed by atoms with Gasteiger partial charge in [0.2, 0.25) is 0 Å².